The maximum Gasteiger partial charge on any atom is 0.243 e. The Labute approximate surface area is 172 Å². The average Bonchev–Trinajstić information content (AvgIpc) is 2.67. The molecule has 0 radical (unpaired) electrons. The Morgan fingerprint density at radius 1 is 1.03 bits per heavy atom. The first-order chi connectivity index (χ1) is 13.7. The van der Waals surface area contributed by atoms with Crippen LogP contribution in [0.5, 0.6) is 5.75 Å². The lowest BCUT2D eigenvalue weighted by molar-refractivity contribution is -0.114. The van der Waals surface area contributed by atoms with E-state index in [4.69, 9.17) is 4.74 Å². The summed E-state index contributed by atoms with van der Waals surface area (Å²) in [6, 6.07) is 10.3. The van der Waals surface area contributed by atoms with Crippen molar-refractivity contribution in [1.82, 2.24) is 4.31 Å². The van der Waals surface area contributed by atoms with Gasteiger partial charge in [-0.1, -0.05) is 6.07 Å². The molecule has 158 valence electrons. The summed E-state index contributed by atoms with van der Waals surface area (Å²) < 4.78 is 31.3. The molecule has 29 heavy (non-hydrogen) atoms. The van der Waals surface area contributed by atoms with Gasteiger partial charge in [-0.15, -0.1) is 0 Å². The molecule has 0 saturated carbocycles. The molecule has 0 unspecified atom stereocenters. The second kappa shape index (κ2) is 9.62. The van der Waals surface area contributed by atoms with Crippen molar-refractivity contribution in [3.63, 3.8) is 0 Å². The highest BCUT2D eigenvalue weighted by atomic mass is 32.2. The molecule has 0 atom stereocenters. The largest absolute Gasteiger partial charge is 0.495 e. The molecular weight excluding hydrogens is 392 g/mol. The molecule has 9 heteroatoms. The molecule has 8 nitrogen and oxygen atoms in total. The molecule has 0 aromatic heterocycles. The van der Waals surface area contributed by atoms with E-state index in [2.05, 4.69) is 16.0 Å². The monoisotopic (exact) mass is 420 g/mol. The fourth-order valence-electron chi connectivity index (χ4n) is 2.67. The zero-order valence-corrected chi connectivity index (χ0v) is 18.2. The van der Waals surface area contributed by atoms with Gasteiger partial charge in [0.25, 0.3) is 0 Å². The number of anilines is 3. The Kier molecular flexibility index (Phi) is 7.46. The highest BCUT2D eigenvalue weighted by molar-refractivity contribution is 7.89. The molecule has 0 saturated heterocycles. The predicted molar refractivity (Wildman–Crippen MR) is 116 cm³/mol. The molecule has 0 aliphatic carbocycles. The third-order valence-electron chi connectivity index (χ3n) is 4.21. The van der Waals surface area contributed by atoms with Crippen molar-refractivity contribution in [3.8, 4) is 5.75 Å². The smallest absolute Gasteiger partial charge is 0.243 e. The Morgan fingerprint density at radius 3 is 2.38 bits per heavy atom. The molecule has 0 bridgehead atoms. The van der Waals surface area contributed by atoms with E-state index < -0.39 is 10.0 Å². The minimum atomic E-state index is -3.58. The van der Waals surface area contributed by atoms with Gasteiger partial charge in [-0.3, -0.25) is 4.79 Å². The van der Waals surface area contributed by atoms with E-state index in [0.717, 1.165) is 9.87 Å². The fourth-order valence-corrected chi connectivity index (χ4v) is 3.60. The van der Waals surface area contributed by atoms with Crippen LogP contribution in [0.3, 0.4) is 0 Å². The maximum atomic E-state index is 12.4. The molecule has 0 spiro atoms. The first-order valence-electron chi connectivity index (χ1n) is 9.17. The van der Waals surface area contributed by atoms with Crippen LogP contribution in [0, 0.1) is 6.92 Å². The van der Waals surface area contributed by atoms with E-state index in [9.17, 15) is 13.2 Å². The molecule has 2 aromatic carbocycles. The fraction of sp³-hybridized carbons (Fsp3) is 0.350. The van der Waals surface area contributed by atoms with Crippen molar-refractivity contribution in [2.75, 3.05) is 50.2 Å². The zero-order valence-electron chi connectivity index (χ0n) is 17.4. The summed E-state index contributed by atoms with van der Waals surface area (Å²) in [6.07, 6.45) is 0. The van der Waals surface area contributed by atoms with Crippen LogP contribution in [0.1, 0.15) is 12.5 Å². The van der Waals surface area contributed by atoms with Crippen LogP contribution in [0.25, 0.3) is 0 Å². The summed E-state index contributed by atoms with van der Waals surface area (Å²) in [5, 5.41) is 9.00. The number of benzene rings is 2. The standard InChI is InChI=1S/C20H28N4O4S/c1-6-21-16-9-8-15(29(26,27)24(3)4)12-17(16)22-13-20(25)23-18-11-14(2)7-10-19(18)28-5/h7-12,21-22H,6,13H2,1-5H3,(H,23,25). The summed E-state index contributed by atoms with van der Waals surface area (Å²) in [4.78, 5) is 12.6. The molecule has 2 aromatic rings. The van der Waals surface area contributed by atoms with Gasteiger partial charge >= 0.3 is 0 Å². The molecule has 0 aliphatic heterocycles. The van der Waals surface area contributed by atoms with Crippen molar-refractivity contribution in [2.24, 2.45) is 0 Å². The van der Waals surface area contributed by atoms with Gasteiger partial charge in [0.05, 0.1) is 35.6 Å². The number of methoxy groups -OCH3 is 1. The van der Waals surface area contributed by atoms with Gasteiger partial charge in [0.2, 0.25) is 15.9 Å². The minimum Gasteiger partial charge on any atom is -0.495 e. The lowest BCUT2D eigenvalue weighted by Gasteiger charge is -2.17. The van der Waals surface area contributed by atoms with Crippen LogP contribution in [-0.4, -0.2) is 52.9 Å². The molecule has 0 aliphatic rings. The number of carbonyl (C=O) groups is 1. The van der Waals surface area contributed by atoms with Crippen molar-refractivity contribution >= 4 is 33.0 Å². The van der Waals surface area contributed by atoms with Gasteiger partial charge in [-0.2, -0.15) is 0 Å². The summed E-state index contributed by atoms with van der Waals surface area (Å²) in [7, 11) is 0.907. The number of rotatable bonds is 9. The van der Waals surface area contributed by atoms with E-state index in [1.165, 1.54) is 33.3 Å². The first kappa shape index (κ1) is 22.5. The van der Waals surface area contributed by atoms with Gasteiger partial charge in [-0.05, 0) is 49.7 Å². The predicted octanol–water partition coefficient (Wildman–Crippen LogP) is 2.74. The second-order valence-corrected chi connectivity index (χ2v) is 8.78. The van der Waals surface area contributed by atoms with Crippen LogP contribution in [0.4, 0.5) is 17.1 Å². The van der Waals surface area contributed by atoms with Crippen molar-refractivity contribution in [2.45, 2.75) is 18.7 Å². The molecule has 1 amide bonds. The van der Waals surface area contributed by atoms with E-state index in [1.54, 1.807) is 12.1 Å². The Morgan fingerprint density at radius 2 is 1.76 bits per heavy atom. The number of sulfonamides is 1. The van der Waals surface area contributed by atoms with Crippen LogP contribution >= 0.6 is 0 Å². The lowest BCUT2D eigenvalue weighted by Crippen LogP contribution is -2.24. The zero-order chi connectivity index (χ0) is 21.6. The lowest BCUT2D eigenvalue weighted by atomic mass is 10.2. The van der Waals surface area contributed by atoms with E-state index in [0.29, 0.717) is 29.4 Å². The van der Waals surface area contributed by atoms with Crippen LogP contribution < -0.4 is 20.7 Å². The molecule has 2 rings (SSSR count). The Balaban J connectivity index is 2.20. The first-order valence-corrected chi connectivity index (χ1v) is 10.6. The van der Waals surface area contributed by atoms with Crippen LogP contribution in [-0.2, 0) is 14.8 Å². The molecule has 3 N–H and O–H groups in total. The number of nitrogens with one attached hydrogen (secondary N) is 3. The van der Waals surface area contributed by atoms with Gasteiger partial charge in [-0.25, -0.2) is 12.7 Å². The number of hydrogen-bond donors (Lipinski definition) is 3. The summed E-state index contributed by atoms with van der Waals surface area (Å²) in [5.41, 5.74) is 2.81. The van der Waals surface area contributed by atoms with Crippen molar-refractivity contribution < 1.29 is 17.9 Å². The molecular formula is C20H28N4O4S. The summed E-state index contributed by atoms with van der Waals surface area (Å²) in [5.74, 6) is 0.286. The topological polar surface area (TPSA) is 99.8 Å². The van der Waals surface area contributed by atoms with Crippen LogP contribution in [0.2, 0.25) is 0 Å². The van der Waals surface area contributed by atoms with Gasteiger partial charge in [0.1, 0.15) is 5.75 Å². The Hall–Kier alpha value is -2.78. The number of aryl methyl sites for hydroxylation is 1. The van der Waals surface area contributed by atoms with Gasteiger partial charge in [0.15, 0.2) is 0 Å². The minimum absolute atomic E-state index is 0.0407. The third-order valence-corrected chi connectivity index (χ3v) is 6.02. The third kappa shape index (κ3) is 5.61. The highest BCUT2D eigenvalue weighted by Crippen LogP contribution is 2.27. The van der Waals surface area contributed by atoms with E-state index in [-0.39, 0.29) is 17.3 Å². The molecule has 0 heterocycles. The maximum absolute atomic E-state index is 12.4. The normalized spacial score (nSPS) is 11.2. The highest BCUT2D eigenvalue weighted by Gasteiger charge is 2.19. The number of ether oxygens (including phenoxy) is 1. The van der Waals surface area contributed by atoms with Crippen molar-refractivity contribution in [3.05, 3.63) is 42.0 Å². The van der Waals surface area contributed by atoms with E-state index in [1.807, 2.05) is 26.0 Å². The second-order valence-electron chi connectivity index (χ2n) is 6.63. The quantitative estimate of drug-likeness (QED) is 0.577. The number of nitrogens with zero attached hydrogens (tertiary/aromatic N) is 1. The van der Waals surface area contributed by atoms with E-state index >= 15 is 0 Å². The van der Waals surface area contributed by atoms with Crippen LogP contribution in [0.15, 0.2) is 41.3 Å². The number of carbonyl (C=O) groups excluding carboxylic acids is 1. The molecule has 0 fully saturated rings. The van der Waals surface area contributed by atoms with Crippen molar-refractivity contribution in [1.29, 1.82) is 0 Å². The van der Waals surface area contributed by atoms with Gasteiger partial charge in [0, 0.05) is 20.6 Å². The number of hydrogen-bond acceptors (Lipinski definition) is 6. The summed E-state index contributed by atoms with van der Waals surface area (Å²) >= 11 is 0. The number of amides is 1. The summed E-state index contributed by atoms with van der Waals surface area (Å²) in [6.45, 7) is 4.47. The SMILES string of the molecule is CCNc1ccc(S(=O)(=O)N(C)C)cc1NCC(=O)Nc1cc(C)ccc1OC. The Bertz CT molecular complexity index is 974. The van der Waals surface area contributed by atoms with Gasteiger partial charge < -0.3 is 20.7 Å². The average molecular weight is 421 g/mol.